The van der Waals surface area contributed by atoms with Crippen molar-refractivity contribution in [3.63, 3.8) is 0 Å². The standard InChI is InChI=1S/C7H11NO2/c1-10-7(9)6-3-2-4-8-5-6/h2-3,6,8H,4-5H2,1H3/t6-/m0/s1. The van der Waals surface area contributed by atoms with Crippen LogP contribution in [0.1, 0.15) is 0 Å². The molecule has 3 heteroatoms. The zero-order valence-electron chi connectivity index (χ0n) is 5.96. The van der Waals surface area contributed by atoms with Crippen LogP contribution in [0.2, 0.25) is 0 Å². The highest BCUT2D eigenvalue weighted by atomic mass is 16.5. The molecule has 0 spiro atoms. The summed E-state index contributed by atoms with van der Waals surface area (Å²) in [7, 11) is 1.41. The van der Waals surface area contributed by atoms with E-state index in [4.69, 9.17) is 0 Å². The third-order valence-corrected chi connectivity index (χ3v) is 1.50. The summed E-state index contributed by atoms with van der Waals surface area (Å²) >= 11 is 0. The Morgan fingerprint density at radius 3 is 3.10 bits per heavy atom. The molecule has 0 aromatic carbocycles. The molecule has 0 unspecified atom stereocenters. The molecule has 3 nitrogen and oxygen atoms in total. The number of hydrogen-bond acceptors (Lipinski definition) is 3. The van der Waals surface area contributed by atoms with Crippen LogP contribution in [0.5, 0.6) is 0 Å². The van der Waals surface area contributed by atoms with E-state index in [1.165, 1.54) is 7.11 Å². The molecule has 0 amide bonds. The second-order valence-electron chi connectivity index (χ2n) is 2.22. The van der Waals surface area contributed by atoms with Crippen molar-refractivity contribution in [2.45, 2.75) is 0 Å². The molecule has 0 aliphatic carbocycles. The molecule has 1 N–H and O–H groups in total. The number of hydrogen-bond donors (Lipinski definition) is 1. The number of rotatable bonds is 1. The molecule has 0 saturated carbocycles. The Labute approximate surface area is 60.1 Å². The van der Waals surface area contributed by atoms with E-state index in [2.05, 4.69) is 10.1 Å². The normalized spacial score (nSPS) is 24.3. The van der Waals surface area contributed by atoms with Crippen LogP contribution >= 0.6 is 0 Å². The van der Waals surface area contributed by atoms with Gasteiger partial charge in [-0.3, -0.25) is 4.79 Å². The quantitative estimate of drug-likeness (QED) is 0.410. The number of ether oxygens (including phenoxy) is 1. The third kappa shape index (κ3) is 1.57. The number of carbonyl (C=O) groups excluding carboxylic acids is 1. The minimum atomic E-state index is -0.163. The first-order valence-electron chi connectivity index (χ1n) is 3.30. The van der Waals surface area contributed by atoms with Gasteiger partial charge in [0.2, 0.25) is 0 Å². The summed E-state index contributed by atoms with van der Waals surface area (Å²) < 4.78 is 4.56. The predicted molar refractivity (Wildman–Crippen MR) is 37.5 cm³/mol. The maximum atomic E-state index is 10.9. The lowest BCUT2D eigenvalue weighted by Gasteiger charge is -2.14. The average Bonchev–Trinajstić information content (AvgIpc) is 2.05. The summed E-state index contributed by atoms with van der Waals surface area (Å²) in [4.78, 5) is 10.9. The predicted octanol–water partition coefficient (Wildman–Crippen LogP) is -0.0650. The van der Waals surface area contributed by atoms with Crippen molar-refractivity contribution in [1.82, 2.24) is 5.32 Å². The monoisotopic (exact) mass is 141 g/mol. The van der Waals surface area contributed by atoms with Gasteiger partial charge in [0.15, 0.2) is 0 Å². The number of nitrogens with one attached hydrogen (secondary N) is 1. The Balaban J connectivity index is 2.46. The SMILES string of the molecule is COC(=O)[C@H]1C=CCNC1. The maximum absolute atomic E-state index is 10.9. The minimum Gasteiger partial charge on any atom is -0.469 e. The molecule has 1 heterocycles. The lowest BCUT2D eigenvalue weighted by atomic mass is 10.1. The Morgan fingerprint density at radius 2 is 2.60 bits per heavy atom. The largest absolute Gasteiger partial charge is 0.469 e. The van der Waals surface area contributed by atoms with E-state index in [1.807, 2.05) is 12.2 Å². The molecule has 0 aromatic heterocycles. The Bertz CT molecular complexity index is 154. The van der Waals surface area contributed by atoms with Crippen LogP contribution in [0.4, 0.5) is 0 Å². The second-order valence-corrected chi connectivity index (χ2v) is 2.22. The van der Waals surface area contributed by atoms with Crippen molar-refractivity contribution >= 4 is 5.97 Å². The van der Waals surface area contributed by atoms with Gasteiger partial charge >= 0.3 is 5.97 Å². The van der Waals surface area contributed by atoms with E-state index in [0.29, 0.717) is 6.54 Å². The summed E-state index contributed by atoms with van der Waals surface area (Å²) in [6.45, 7) is 1.55. The van der Waals surface area contributed by atoms with Crippen LogP contribution < -0.4 is 5.32 Å². The van der Waals surface area contributed by atoms with Crippen LogP contribution in [0.15, 0.2) is 12.2 Å². The third-order valence-electron chi connectivity index (χ3n) is 1.50. The van der Waals surface area contributed by atoms with E-state index >= 15 is 0 Å². The molecule has 0 aromatic rings. The molecule has 1 rings (SSSR count). The minimum absolute atomic E-state index is 0.0845. The van der Waals surface area contributed by atoms with Gasteiger partial charge in [-0.05, 0) is 0 Å². The van der Waals surface area contributed by atoms with Gasteiger partial charge < -0.3 is 10.1 Å². The van der Waals surface area contributed by atoms with Crippen molar-refractivity contribution in [3.05, 3.63) is 12.2 Å². The van der Waals surface area contributed by atoms with Crippen LogP contribution in [-0.2, 0) is 9.53 Å². The summed E-state index contributed by atoms with van der Waals surface area (Å²) in [5.74, 6) is -0.248. The second kappa shape index (κ2) is 3.37. The van der Waals surface area contributed by atoms with Crippen LogP contribution in [-0.4, -0.2) is 26.2 Å². The molecule has 1 aliphatic heterocycles. The fourth-order valence-corrected chi connectivity index (χ4v) is 0.936. The number of carbonyl (C=O) groups is 1. The van der Waals surface area contributed by atoms with Gasteiger partial charge in [-0.2, -0.15) is 0 Å². The molecule has 1 aliphatic rings. The zero-order chi connectivity index (χ0) is 7.40. The van der Waals surface area contributed by atoms with Crippen molar-refractivity contribution in [1.29, 1.82) is 0 Å². The summed E-state index contributed by atoms with van der Waals surface area (Å²) in [6.07, 6.45) is 3.81. The van der Waals surface area contributed by atoms with Crippen LogP contribution in [0.3, 0.4) is 0 Å². The van der Waals surface area contributed by atoms with Gasteiger partial charge in [-0.15, -0.1) is 0 Å². The smallest absolute Gasteiger partial charge is 0.313 e. The first-order valence-corrected chi connectivity index (χ1v) is 3.30. The van der Waals surface area contributed by atoms with Gasteiger partial charge in [0.25, 0.3) is 0 Å². The Kier molecular flexibility index (Phi) is 2.45. The van der Waals surface area contributed by atoms with E-state index < -0.39 is 0 Å². The zero-order valence-corrected chi connectivity index (χ0v) is 5.96. The van der Waals surface area contributed by atoms with Gasteiger partial charge in [0.05, 0.1) is 13.0 Å². The molecular weight excluding hydrogens is 130 g/mol. The van der Waals surface area contributed by atoms with Gasteiger partial charge in [-0.1, -0.05) is 12.2 Å². The van der Waals surface area contributed by atoms with E-state index in [1.54, 1.807) is 0 Å². The summed E-state index contributed by atoms with van der Waals surface area (Å²) in [6, 6.07) is 0. The van der Waals surface area contributed by atoms with E-state index in [9.17, 15) is 4.79 Å². The molecule has 0 fully saturated rings. The van der Waals surface area contributed by atoms with Crippen LogP contribution in [0.25, 0.3) is 0 Å². The highest BCUT2D eigenvalue weighted by Gasteiger charge is 2.16. The molecule has 0 radical (unpaired) electrons. The van der Waals surface area contributed by atoms with Gasteiger partial charge in [0.1, 0.15) is 0 Å². The van der Waals surface area contributed by atoms with E-state index in [0.717, 1.165) is 6.54 Å². The highest BCUT2D eigenvalue weighted by Crippen LogP contribution is 2.02. The fourth-order valence-electron chi connectivity index (χ4n) is 0.936. The van der Waals surface area contributed by atoms with Crippen molar-refractivity contribution in [2.75, 3.05) is 20.2 Å². The molecule has 0 bridgehead atoms. The fraction of sp³-hybridized carbons (Fsp3) is 0.571. The van der Waals surface area contributed by atoms with Gasteiger partial charge in [0, 0.05) is 13.1 Å². The summed E-state index contributed by atoms with van der Waals surface area (Å²) in [5.41, 5.74) is 0. The lowest BCUT2D eigenvalue weighted by Crippen LogP contribution is -2.31. The topological polar surface area (TPSA) is 38.3 Å². The van der Waals surface area contributed by atoms with Crippen molar-refractivity contribution in [2.24, 2.45) is 5.92 Å². The van der Waals surface area contributed by atoms with Crippen molar-refractivity contribution in [3.8, 4) is 0 Å². The molecule has 1 atom stereocenters. The lowest BCUT2D eigenvalue weighted by molar-refractivity contribution is -0.143. The molecule has 0 saturated heterocycles. The number of esters is 1. The Morgan fingerprint density at radius 1 is 1.80 bits per heavy atom. The summed E-state index contributed by atoms with van der Waals surface area (Å²) in [5, 5.41) is 3.06. The molecule has 10 heavy (non-hydrogen) atoms. The van der Waals surface area contributed by atoms with Crippen molar-refractivity contribution < 1.29 is 9.53 Å². The molecular formula is C7H11NO2. The first kappa shape index (κ1) is 7.28. The van der Waals surface area contributed by atoms with E-state index in [-0.39, 0.29) is 11.9 Å². The average molecular weight is 141 g/mol. The Hall–Kier alpha value is -0.830. The number of methoxy groups -OCH3 is 1. The first-order chi connectivity index (χ1) is 4.84. The maximum Gasteiger partial charge on any atom is 0.313 e. The van der Waals surface area contributed by atoms with Gasteiger partial charge in [-0.25, -0.2) is 0 Å². The molecule has 56 valence electrons. The highest BCUT2D eigenvalue weighted by molar-refractivity contribution is 5.74. The van der Waals surface area contributed by atoms with Crippen LogP contribution in [0, 0.1) is 5.92 Å².